The Labute approximate surface area is 108 Å². The zero-order chi connectivity index (χ0) is 12.9. The van der Waals surface area contributed by atoms with Crippen molar-refractivity contribution in [2.45, 2.75) is 31.7 Å². The molecule has 0 aliphatic heterocycles. The fraction of sp³-hybridized carbons (Fsp3) is 0.500. The summed E-state index contributed by atoms with van der Waals surface area (Å²) in [5.41, 5.74) is 0.758. The molecule has 1 unspecified atom stereocenters. The molecule has 0 fully saturated rings. The second-order valence-corrected chi connectivity index (χ2v) is 5.89. The standard InChI is InChI=1S/C14H20N2S/c1-5-17-12-8-6-11(7-9-12)13(16-4)14(2,3)10-15/h6-9,13,16H,5H2,1-4H3. The molecule has 1 N–H and O–H groups in total. The zero-order valence-corrected chi connectivity index (χ0v) is 11.8. The van der Waals surface area contributed by atoms with Crippen molar-refractivity contribution in [3.8, 4) is 6.07 Å². The Morgan fingerprint density at radius 1 is 1.35 bits per heavy atom. The van der Waals surface area contributed by atoms with Gasteiger partial charge in [0.2, 0.25) is 0 Å². The summed E-state index contributed by atoms with van der Waals surface area (Å²) in [5.74, 6) is 1.08. The van der Waals surface area contributed by atoms with E-state index in [0.29, 0.717) is 0 Å². The molecule has 2 nitrogen and oxygen atoms in total. The van der Waals surface area contributed by atoms with Crippen LogP contribution in [0.1, 0.15) is 32.4 Å². The van der Waals surface area contributed by atoms with Gasteiger partial charge in [-0.1, -0.05) is 19.1 Å². The lowest BCUT2D eigenvalue weighted by atomic mass is 9.82. The molecule has 1 atom stereocenters. The Balaban J connectivity index is 2.95. The first-order chi connectivity index (χ1) is 8.05. The molecule has 0 aromatic heterocycles. The van der Waals surface area contributed by atoms with Gasteiger partial charge in [0.25, 0.3) is 0 Å². The molecule has 0 saturated heterocycles. The predicted octanol–water partition coefficient (Wildman–Crippen LogP) is 3.61. The van der Waals surface area contributed by atoms with E-state index in [1.165, 1.54) is 10.5 Å². The molecule has 3 heteroatoms. The number of nitrogens with one attached hydrogen (secondary N) is 1. The molecule has 0 radical (unpaired) electrons. The Morgan fingerprint density at radius 2 is 1.94 bits per heavy atom. The van der Waals surface area contributed by atoms with Crippen LogP contribution in [0.25, 0.3) is 0 Å². The van der Waals surface area contributed by atoms with Crippen molar-refractivity contribution in [3.63, 3.8) is 0 Å². The first-order valence-electron chi connectivity index (χ1n) is 5.86. The minimum absolute atomic E-state index is 0.0631. The van der Waals surface area contributed by atoms with Crippen molar-refractivity contribution < 1.29 is 0 Å². The van der Waals surface area contributed by atoms with Crippen molar-refractivity contribution in [1.82, 2.24) is 5.32 Å². The normalized spacial score (nSPS) is 13.1. The molecule has 1 aromatic carbocycles. The van der Waals surface area contributed by atoms with Crippen molar-refractivity contribution >= 4 is 11.8 Å². The minimum Gasteiger partial charge on any atom is -0.312 e. The number of rotatable bonds is 5. The molecule has 0 saturated carbocycles. The van der Waals surface area contributed by atoms with Crippen molar-refractivity contribution in [2.75, 3.05) is 12.8 Å². The van der Waals surface area contributed by atoms with Gasteiger partial charge in [-0.05, 0) is 44.3 Å². The lowest BCUT2D eigenvalue weighted by molar-refractivity contribution is 0.344. The second-order valence-electron chi connectivity index (χ2n) is 4.56. The van der Waals surface area contributed by atoms with E-state index in [9.17, 15) is 5.26 Å². The van der Waals surface area contributed by atoms with Crippen LogP contribution < -0.4 is 5.32 Å². The molecule has 0 bridgehead atoms. The summed E-state index contributed by atoms with van der Waals surface area (Å²) in [5, 5.41) is 12.4. The van der Waals surface area contributed by atoms with Crippen molar-refractivity contribution in [1.29, 1.82) is 5.26 Å². The Kier molecular flexibility index (Phi) is 5.04. The van der Waals surface area contributed by atoms with E-state index in [-0.39, 0.29) is 6.04 Å². The highest BCUT2D eigenvalue weighted by molar-refractivity contribution is 7.99. The van der Waals surface area contributed by atoms with Crippen LogP contribution >= 0.6 is 11.8 Å². The van der Waals surface area contributed by atoms with Crippen molar-refractivity contribution in [2.24, 2.45) is 5.41 Å². The lowest BCUT2D eigenvalue weighted by Crippen LogP contribution is -2.30. The van der Waals surface area contributed by atoms with Crippen molar-refractivity contribution in [3.05, 3.63) is 29.8 Å². The van der Waals surface area contributed by atoms with E-state index in [1.54, 1.807) is 0 Å². The van der Waals surface area contributed by atoms with Gasteiger partial charge in [-0.3, -0.25) is 0 Å². The van der Waals surface area contributed by atoms with Gasteiger partial charge < -0.3 is 5.32 Å². The first kappa shape index (κ1) is 14.1. The Bertz CT molecular complexity index is 390. The minimum atomic E-state index is -0.409. The maximum atomic E-state index is 9.20. The maximum absolute atomic E-state index is 9.20. The number of hydrogen-bond acceptors (Lipinski definition) is 3. The van der Waals surface area contributed by atoms with Crippen LogP contribution in [0.15, 0.2) is 29.2 Å². The molecule has 17 heavy (non-hydrogen) atoms. The van der Waals surface area contributed by atoms with E-state index in [2.05, 4.69) is 42.6 Å². The van der Waals surface area contributed by atoms with Crippen LogP contribution in [-0.4, -0.2) is 12.8 Å². The fourth-order valence-corrected chi connectivity index (χ4v) is 2.59. The van der Waals surface area contributed by atoms with Gasteiger partial charge in [-0.2, -0.15) is 5.26 Å². The van der Waals surface area contributed by atoms with E-state index in [4.69, 9.17) is 0 Å². The van der Waals surface area contributed by atoms with E-state index in [1.807, 2.05) is 32.7 Å². The summed E-state index contributed by atoms with van der Waals surface area (Å²) >= 11 is 1.83. The van der Waals surface area contributed by atoms with Gasteiger partial charge in [-0.15, -0.1) is 11.8 Å². The Hall–Kier alpha value is -0.980. The van der Waals surface area contributed by atoms with E-state index in [0.717, 1.165) is 5.75 Å². The molecule has 1 aromatic rings. The third kappa shape index (κ3) is 3.49. The van der Waals surface area contributed by atoms with Crippen LogP contribution in [0, 0.1) is 16.7 Å². The predicted molar refractivity (Wildman–Crippen MR) is 74.0 cm³/mol. The highest BCUT2D eigenvalue weighted by Crippen LogP contribution is 2.33. The molecule has 1 rings (SSSR count). The lowest BCUT2D eigenvalue weighted by Gasteiger charge is -2.28. The Morgan fingerprint density at radius 3 is 2.35 bits per heavy atom. The summed E-state index contributed by atoms with van der Waals surface area (Å²) in [7, 11) is 1.90. The summed E-state index contributed by atoms with van der Waals surface area (Å²) < 4.78 is 0. The van der Waals surface area contributed by atoms with Crippen LogP contribution in [-0.2, 0) is 0 Å². The third-order valence-electron chi connectivity index (χ3n) is 2.82. The van der Waals surface area contributed by atoms with Crippen LogP contribution in [0.5, 0.6) is 0 Å². The number of benzene rings is 1. The number of nitrogens with zero attached hydrogens (tertiary/aromatic N) is 1. The molecule has 92 valence electrons. The average Bonchev–Trinajstić information content (AvgIpc) is 2.32. The molecule has 0 heterocycles. The van der Waals surface area contributed by atoms with Gasteiger partial charge in [0, 0.05) is 4.90 Å². The average molecular weight is 248 g/mol. The number of thioether (sulfide) groups is 1. The van der Waals surface area contributed by atoms with Crippen LogP contribution in [0.3, 0.4) is 0 Å². The maximum Gasteiger partial charge on any atom is 0.0712 e. The summed E-state index contributed by atoms with van der Waals surface area (Å²) in [6.07, 6.45) is 0. The second kappa shape index (κ2) is 6.09. The molecule has 0 amide bonds. The fourth-order valence-electron chi connectivity index (χ4n) is 1.93. The summed E-state index contributed by atoms with van der Waals surface area (Å²) in [4.78, 5) is 1.28. The van der Waals surface area contributed by atoms with Gasteiger partial charge in [0.15, 0.2) is 0 Å². The van der Waals surface area contributed by atoms with Gasteiger partial charge in [0.05, 0.1) is 17.5 Å². The smallest absolute Gasteiger partial charge is 0.0712 e. The van der Waals surface area contributed by atoms with Gasteiger partial charge in [0.1, 0.15) is 0 Å². The number of nitriles is 1. The monoisotopic (exact) mass is 248 g/mol. The quantitative estimate of drug-likeness (QED) is 0.809. The summed E-state index contributed by atoms with van der Waals surface area (Å²) in [6.45, 7) is 6.07. The topological polar surface area (TPSA) is 35.8 Å². The molecule has 0 aliphatic carbocycles. The molecule has 0 aliphatic rings. The molecule has 0 spiro atoms. The number of hydrogen-bond donors (Lipinski definition) is 1. The van der Waals surface area contributed by atoms with E-state index >= 15 is 0 Å². The van der Waals surface area contributed by atoms with Crippen LogP contribution in [0.2, 0.25) is 0 Å². The highest BCUT2D eigenvalue weighted by Gasteiger charge is 2.29. The molecular formula is C14H20N2S. The largest absolute Gasteiger partial charge is 0.312 e. The zero-order valence-electron chi connectivity index (χ0n) is 10.9. The van der Waals surface area contributed by atoms with Crippen LogP contribution in [0.4, 0.5) is 0 Å². The SMILES string of the molecule is CCSc1ccc(C(NC)C(C)(C)C#N)cc1. The van der Waals surface area contributed by atoms with Gasteiger partial charge >= 0.3 is 0 Å². The molecular weight excluding hydrogens is 228 g/mol. The highest BCUT2D eigenvalue weighted by atomic mass is 32.2. The summed E-state index contributed by atoms with van der Waals surface area (Å²) in [6, 6.07) is 10.9. The third-order valence-corrected chi connectivity index (χ3v) is 3.72. The van der Waals surface area contributed by atoms with Gasteiger partial charge in [-0.25, -0.2) is 0 Å². The van der Waals surface area contributed by atoms with E-state index < -0.39 is 5.41 Å². The first-order valence-corrected chi connectivity index (χ1v) is 6.85.